The molecule has 0 heterocycles. The molecule has 4 aliphatic carbocycles. The van der Waals surface area contributed by atoms with Crippen molar-refractivity contribution in [2.75, 3.05) is 0 Å². The Hall–Kier alpha value is -0.610. The van der Waals surface area contributed by atoms with E-state index < -0.39 is 5.97 Å². The van der Waals surface area contributed by atoms with Crippen molar-refractivity contribution in [3.05, 3.63) is 0 Å². The lowest BCUT2D eigenvalue weighted by Gasteiger charge is -2.62. The highest BCUT2D eigenvalue weighted by Gasteiger charge is 2.62. The van der Waals surface area contributed by atoms with Crippen LogP contribution in [-0.2, 0) is 4.79 Å². The summed E-state index contributed by atoms with van der Waals surface area (Å²) in [6, 6.07) is 0. The van der Waals surface area contributed by atoms with E-state index in [9.17, 15) is 20.1 Å². The first-order valence-corrected chi connectivity index (χ1v) is 11.2. The third kappa shape index (κ3) is 2.97. The van der Waals surface area contributed by atoms with Gasteiger partial charge in [-0.15, -0.1) is 0 Å². The van der Waals surface area contributed by atoms with Crippen LogP contribution in [0.3, 0.4) is 0 Å². The lowest BCUT2D eigenvalue weighted by Crippen LogP contribution is -2.58. The molecule has 3 N–H and O–H groups in total. The largest absolute Gasteiger partial charge is 0.481 e. The van der Waals surface area contributed by atoms with Gasteiger partial charge in [-0.3, -0.25) is 4.79 Å². The number of aliphatic carboxylic acids is 1. The Kier molecular flexibility index (Phi) is 4.91. The van der Waals surface area contributed by atoms with E-state index in [1.54, 1.807) is 0 Å². The molecule has 4 fully saturated rings. The van der Waals surface area contributed by atoms with Gasteiger partial charge in [-0.25, -0.2) is 0 Å². The summed E-state index contributed by atoms with van der Waals surface area (Å²) in [5.41, 5.74) is 0.390. The van der Waals surface area contributed by atoms with Crippen molar-refractivity contribution in [3.8, 4) is 0 Å². The second-order valence-corrected chi connectivity index (χ2v) is 11.0. The Bertz CT molecular complexity index is 591. The summed E-state index contributed by atoms with van der Waals surface area (Å²) >= 11 is 0. The number of rotatable bonds is 3. The molecule has 0 aliphatic heterocycles. The van der Waals surface area contributed by atoms with Crippen molar-refractivity contribution in [2.24, 2.45) is 46.3 Å². The molecule has 0 saturated heterocycles. The fourth-order valence-corrected chi connectivity index (χ4v) is 8.67. The second-order valence-electron chi connectivity index (χ2n) is 11.0. The van der Waals surface area contributed by atoms with Gasteiger partial charge in [0.15, 0.2) is 0 Å². The smallest absolute Gasteiger partial charge is 0.303 e. The molecule has 4 rings (SSSR count). The van der Waals surface area contributed by atoms with Gasteiger partial charge in [0.1, 0.15) is 0 Å². The number of aliphatic hydroxyl groups excluding tert-OH is 2. The highest BCUT2D eigenvalue weighted by molar-refractivity contribution is 5.67. The number of hydrogen-bond acceptors (Lipinski definition) is 3. The Balaban J connectivity index is 1.59. The summed E-state index contributed by atoms with van der Waals surface area (Å²) in [6.45, 7) is 6.95. The predicted molar refractivity (Wildman–Crippen MR) is 104 cm³/mol. The molecule has 0 bridgehead atoms. The van der Waals surface area contributed by atoms with E-state index in [4.69, 9.17) is 0 Å². The van der Waals surface area contributed by atoms with E-state index in [1.807, 2.05) is 0 Å². The van der Waals surface area contributed by atoms with Crippen molar-refractivity contribution in [1.82, 2.24) is 0 Å². The molecule has 1 unspecified atom stereocenters. The Morgan fingerprint density at radius 3 is 2.33 bits per heavy atom. The second kappa shape index (κ2) is 6.73. The summed E-state index contributed by atoms with van der Waals surface area (Å²) in [5.74, 6) is 2.15. The Labute approximate surface area is 163 Å². The molecule has 4 heteroatoms. The van der Waals surface area contributed by atoms with E-state index in [-0.39, 0.29) is 41.3 Å². The first-order chi connectivity index (χ1) is 12.7. The molecule has 27 heavy (non-hydrogen) atoms. The molecule has 154 valence electrons. The molecule has 4 aliphatic rings. The third-order valence-corrected chi connectivity index (χ3v) is 9.91. The van der Waals surface area contributed by atoms with E-state index in [0.29, 0.717) is 23.7 Å². The van der Waals surface area contributed by atoms with Crippen molar-refractivity contribution in [1.29, 1.82) is 0 Å². The van der Waals surface area contributed by atoms with Crippen LogP contribution >= 0.6 is 0 Å². The molecule has 0 radical (unpaired) electrons. The molecule has 0 aromatic heterocycles. The van der Waals surface area contributed by atoms with Crippen molar-refractivity contribution < 1.29 is 20.1 Å². The zero-order chi connectivity index (χ0) is 19.6. The van der Waals surface area contributed by atoms with E-state index in [1.165, 1.54) is 19.3 Å². The first kappa shape index (κ1) is 19.7. The third-order valence-electron chi connectivity index (χ3n) is 9.91. The quantitative estimate of drug-likeness (QED) is 0.691. The highest BCUT2D eigenvalue weighted by Crippen LogP contribution is 2.68. The summed E-state index contributed by atoms with van der Waals surface area (Å²) in [6.07, 6.45) is 8.08. The van der Waals surface area contributed by atoms with Crippen LogP contribution in [-0.4, -0.2) is 33.5 Å². The number of fused-ring (bicyclic) bond motifs is 5. The van der Waals surface area contributed by atoms with Crippen molar-refractivity contribution in [2.45, 2.75) is 90.8 Å². The summed E-state index contributed by atoms with van der Waals surface area (Å²) < 4.78 is 0. The minimum absolute atomic E-state index is 0.160. The molecule has 10 atom stereocenters. The first-order valence-electron chi connectivity index (χ1n) is 11.2. The number of carboxylic acid groups (broad SMARTS) is 1. The molecule has 0 spiro atoms. The molecular formula is C23H38O4. The SMILES string of the molecule is C[C@H](CC(=O)O)[C@H]1CC[C@H]2[C@@H]3C[C@H](O)[C@@H]4CC(O)CC[C@]4(C)[C@H]3CC[C@]12C. The van der Waals surface area contributed by atoms with Gasteiger partial charge in [-0.2, -0.15) is 0 Å². The van der Waals surface area contributed by atoms with Gasteiger partial charge < -0.3 is 15.3 Å². The highest BCUT2D eigenvalue weighted by atomic mass is 16.4. The maximum absolute atomic E-state index is 11.3. The van der Waals surface area contributed by atoms with Gasteiger partial charge in [0.25, 0.3) is 0 Å². The van der Waals surface area contributed by atoms with Crippen LogP contribution in [0.2, 0.25) is 0 Å². The molecule has 4 nitrogen and oxygen atoms in total. The summed E-state index contributed by atoms with van der Waals surface area (Å²) in [7, 11) is 0. The van der Waals surface area contributed by atoms with Crippen LogP contribution in [0.4, 0.5) is 0 Å². The fourth-order valence-electron chi connectivity index (χ4n) is 8.67. The zero-order valence-corrected chi connectivity index (χ0v) is 17.2. The minimum atomic E-state index is -0.674. The Morgan fingerprint density at radius 1 is 0.963 bits per heavy atom. The van der Waals surface area contributed by atoms with Crippen LogP contribution < -0.4 is 0 Å². The topological polar surface area (TPSA) is 77.8 Å². The average molecular weight is 379 g/mol. The van der Waals surface area contributed by atoms with Crippen LogP contribution in [0.1, 0.15) is 78.6 Å². The van der Waals surface area contributed by atoms with E-state index in [2.05, 4.69) is 20.8 Å². The van der Waals surface area contributed by atoms with E-state index in [0.717, 1.165) is 32.1 Å². The predicted octanol–water partition coefficient (Wildman–Crippen LogP) is 4.09. The summed E-state index contributed by atoms with van der Waals surface area (Å²) in [4.78, 5) is 11.3. The van der Waals surface area contributed by atoms with Gasteiger partial charge in [0, 0.05) is 6.42 Å². The fraction of sp³-hybridized carbons (Fsp3) is 0.957. The number of carbonyl (C=O) groups is 1. The molecular weight excluding hydrogens is 340 g/mol. The summed E-state index contributed by atoms with van der Waals surface area (Å²) in [5, 5.41) is 30.5. The number of carboxylic acids is 1. The van der Waals surface area contributed by atoms with Crippen molar-refractivity contribution >= 4 is 5.97 Å². The zero-order valence-electron chi connectivity index (χ0n) is 17.2. The lowest BCUT2D eigenvalue weighted by molar-refractivity contribution is -0.172. The number of hydrogen-bond donors (Lipinski definition) is 3. The molecule has 4 saturated carbocycles. The normalized spacial score (nSPS) is 53.1. The van der Waals surface area contributed by atoms with Crippen LogP contribution in [0.25, 0.3) is 0 Å². The van der Waals surface area contributed by atoms with E-state index >= 15 is 0 Å². The van der Waals surface area contributed by atoms with Gasteiger partial charge >= 0.3 is 5.97 Å². The minimum Gasteiger partial charge on any atom is -0.481 e. The van der Waals surface area contributed by atoms with Crippen LogP contribution in [0.5, 0.6) is 0 Å². The monoisotopic (exact) mass is 378 g/mol. The van der Waals surface area contributed by atoms with Crippen molar-refractivity contribution in [3.63, 3.8) is 0 Å². The maximum atomic E-state index is 11.3. The van der Waals surface area contributed by atoms with Gasteiger partial charge in [-0.05, 0) is 97.7 Å². The van der Waals surface area contributed by atoms with Gasteiger partial charge in [0.05, 0.1) is 12.2 Å². The van der Waals surface area contributed by atoms with Gasteiger partial charge in [0.2, 0.25) is 0 Å². The standard InChI is InChI=1S/C23H38O4/c1-13(10-21(26)27)16-4-5-17-15-12-20(25)19-11-14(24)6-8-23(19,3)18(15)7-9-22(16,17)2/h13-20,24-25H,4-12H2,1-3H3,(H,26,27)/t13-,14?,15+,16-,17+,18+,19+,20+,22-,23-/m1/s1. The number of aliphatic hydroxyl groups is 2. The molecule has 0 amide bonds. The molecule has 0 aromatic rings. The maximum Gasteiger partial charge on any atom is 0.303 e. The Morgan fingerprint density at radius 2 is 1.63 bits per heavy atom. The molecule has 0 aromatic carbocycles. The van der Waals surface area contributed by atoms with Crippen LogP contribution in [0, 0.1) is 46.3 Å². The average Bonchev–Trinajstić information content (AvgIpc) is 2.93. The van der Waals surface area contributed by atoms with Crippen LogP contribution in [0.15, 0.2) is 0 Å². The lowest BCUT2D eigenvalue weighted by atomic mass is 9.44. The van der Waals surface area contributed by atoms with Gasteiger partial charge in [-0.1, -0.05) is 20.8 Å².